The summed E-state index contributed by atoms with van der Waals surface area (Å²) in [5, 5.41) is 2.67. The molecule has 0 unspecified atom stereocenters. The molecule has 5 heteroatoms. The van der Waals surface area contributed by atoms with Gasteiger partial charge in [0, 0.05) is 6.54 Å². The van der Waals surface area contributed by atoms with E-state index in [1.54, 1.807) is 12.1 Å². The number of methoxy groups -OCH3 is 1. The Morgan fingerprint density at radius 2 is 1.91 bits per heavy atom. The number of esters is 1. The number of carbonyl (C=O) groups is 2. The van der Waals surface area contributed by atoms with Crippen molar-refractivity contribution in [3.8, 4) is 0 Å². The molecule has 0 saturated carbocycles. The van der Waals surface area contributed by atoms with Crippen LogP contribution in [-0.2, 0) is 9.47 Å². The molecule has 0 bridgehead atoms. The minimum absolute atomic E-state index is 0.368. The fourth-order valence-corrected chi connectivity index (χ4v) is 1.72. The van der Waals surface area contributed by atoms with E-state index in [1.807, 2.05) is 45.1 Å². The Labute approximate surface area is 131 Å². The Hall–Kier alpha value is -2.30. The van der Waals surface area contributed by atoms with Gasteiger partial charge in [0.05, 0.1) is 12.7 Å². The lowest BCUT2D eigenvalue weighted by molar-refractivity contribution is 0.0527. The van der Waals surface area contributed by atoms with Crippen LogP contribution in [0, 0.1) is 0 Å². The predicted molar refractivity (Wildman–Crippen MR) is 85.7 cm³/mol. The summed E-state index contributed by atoms with van der Waals surface area (Å²) in [6.45, 7) is 5.91. The molecule has 1 aromatic rings. The van der Waals surface area contributed by atoms with Crippen molar-refractivity contribution in [3.63, 3.8) is 0 Å². The number of ether oxygens (including phenoxy) is 2. The second-order valence-corrected chi connectivity index (χ2v) is 5.70. The van der Waals surface area contributed by atoms with Gasteiger partial charge in [-0.05, 0) is 38.8 Å². The zero-order valence-electron chi connectivity index (χ0n) is 13.5. The molecule has 0 saturated heterocycles. The molecule has 0 aliphatic carbocycles. The average Bonchev–Trinajstić information content (AvgIpc) is 2.44. The van der Waals surface area contributed by atoms with Gasteiger partial charge in [-0.2, -0.15) is 0 Å². The van der Waals surface area contributed by atoms with E-state index in [4.69, 9.17) is 9.47 Å². The Morgan fingerprint density at radius 3 is 2.55 bits per heavy atom. The SMILES string of the molecule is COC(=O)c1ccccc1C=CCCNC(=O)OC(C)(C)C. The van der Waals surface area contributed by atoms with Crippen LogP contribution in [0.15, 0.2) is 30.3 Å². The summed E-state index contributed by atoms with van der Waals surface area (Å²) in [5.41, 5.74) is 0.798. The van der Waals surface area contributed by atoms with Gasteiger partial charge in [0.1, 0.15) is 5.60 Å². The zero-order chi connectivity index (χ0) is 16.6. The van der Waals surface area contributed by atoms with Crippen LogP contribution in [0.25, 0.3) is 6.08 Å². The normalized spacial score (nSPS) is 11.3. The first-order valence-electron chi connectivity index (χ1n) is 7.14. The summed E-state index contributed by atoms with van der Waals surface area (Å²) >= 11 is 0. The molecule has 1 N–H and O–H groups in total. The molecule has 22 heavy (non-hydrogen) atoms. The van der Waals surface area contributed by atoms with Crippen molar-refractivity contribution >= 4 is 18.1 Å². The van der Waals surface area contributed by atoms with Gasteiger partial charge in [0.2, 0.25) is 0 Å². The third kappa shape index (κ3) is 6.43. The minimum Gasteiger partial charge on any atom is -0.465 e. The molecule has 0 aliphatic heterocycles. The highest BCUT2D eigenvalue weighted by Gasteiger charge is 2.15. The highest BCUT2D eigenvalue weighted by molar-refractivity contribution is 5.93. The maximum atomic E-state index is 11.6. The lowest BCUT2D eigenvalue weighted by Crippen LogP contribution is -2.32. The minimum atomic E-state index is -0.501. The maximum absolute atomic E-state index is 11.6. The lowest BCUT2D eigenvalue weighted by Gasteiger charge is -2.19. The van der Waals surface area contributed by atoms with E-state index in [1.165, 1.54) is 7.11 Å². The molecule has 1 rings (SSSR count). The van der Waals surface area contributed by atoms with E-state index in [-0.39, 0.29) is 5.97 Å². The van der Waals surface area contributed by atoms with Crippen LogP contribution in [0.4, 0.5) is 4.79 Å². The van der Waals surface area contributed by atoms with Gasteiger partial charge >= 0.3 is 12.1 Å². The van der Waals surface area contributed by atoms with E-state index in [0.717, 1.165) is 5.56 Å². The molecule has 0 spiro atoms. The Bertz CT molecular complexity index is 544. The third-order valence-corrected chi connectivity index (χ3v) is 2.64. The lowest BCUT2D eigenvalue weighted by atomic mass is 10.1. The van der Waals surface area contributed by atoms with Gasteiger partial charge in [-0.25, -0.2) is 9.59 Å². The van der Waals surface area contributed by atoms with Crippen LogP contribution in [-0.4, -0.2) is 31.3 Å². The van der Waals surface area contributed by atoms with Gasteiger partial charge in [0.15, 0.2) is 0 Å². The van der Waals surface area contributed by atoms with E-state index < -0.39 is 11.7 Å². The van der Waals surface area contributed by atoms with Gasteiger partial charge < -0.3 is 14.8 Å². The predicted octanol–water partition coefficient (Wildman–Crippen LogP) is 3.40. The van der Waals surface area contributed by atoms with Gasteiger partial charge in [0.25, 0.3) is 0 Å². The first kappa shape index (κ1) is 17.8. The van der Waals surface area contributed by atoms with Gasteiger partial charge in [-0.15, -0.1) is 0 Å². The molecule has 5 nitrogen and oxygen atoms in total. The molecule has 1 aromatic carbocycles. The third-order valence-electron chi connectivity index (χ3n) is 2.64. The number of benzene rings is 1. The number of nitrogens with one attached hydrogen (secondary N) is 1. The number of alkyl carbamates (subject to hydrolysis) is 1. The smallest absolute Gasteiger partial charge is 0.407 e. The summed E-state index contributed by atoms with van der Waals surface area (Å²) in [6.07, 6.45) is 3.92. The molecule has 120 valence electrons. The quantitative estimate of drug-likeness (QED) is 0.669. The number of rotatable bonds is 5. The zero-order valence-corrected chi connectivity index (χ0v) is 13.5. The maximum Gasteiger partial charge on any atom is 0.407 e. The number of amides is 1. The molecule has 0 radical (unpaired) electrons. The molecule has 0 heterocycles. The first-order chi connectivity index (χ1) is 10.3. The molecule has 0 atom stereocenters. The number of hydrogen-bond donors (Lipinski definition) is 1. The monoisotopic (exact) mass is 305 g/mol. The summed E-state index contributed by atoms with van der Waals surface area (Å²) in [7, 11) is 1.35. The fourth-order valence-electron chi connectivity index (χ4n) is 1.72. The van der Waals surface area contributed by atoms with Crippen LogP contribution in [0.5, 0.6) is 0 Å². The van der Waals surface area contributed by atoms with E-state index >= 15 is 0 Å². The van der Waals surface area contributed by atoms with Crippen LogP contribution in [0.3, 0.4) is 0 Å². The highest BCUT2D eigenvalue weighted by Crippen LogP contribution is 2.12. The molecule has 0 aromatic heterocycles. The summed E-state index contributed by atoms with van der Waals surface area (Å²) in [4.78, 5) is 23.1. The Kier molecular flexibility index (Phi) is 6.63. The van der Waals surface area contributed by atoms with Crippen molar-refractivity contribution in [3.05, 3.63) is 41.5 Å². The fraction of sp³-hybridized carbons (Fsp3) is 0.412. The van der Waals surface area contributed by atoms with Crippen LogP contribution < -0.4 is 5.32 Å². The highest BCUT2D eigenvalue weighted by atomic mass is 16.6. The van der Waals surface area contributed by atoms with Crippen molar-refractivity contribution in [2.24, 2.45) is 0 Å². The average molecular weight is 305 g/mol. The second-order valence-electron chi connectivity index (χ2n) is 5.70. The molecule has 0 fully saturated rings. The van der Waals surface area contributed by atoms with E-state index in [0.29, 0.717) is 18.5 Å². The van der Waals surface area contributed by atoms with Crippen molar-refractivity contribution in [1.82, 2.24) is 5.32 Å². The molecular formula is C17H23NO4. The van der Waals surface area contributed by atoms with Gasteiger partial charge in [-0.3, -0.25) is 0 Å². The van der Waals surface area contributed by atoms with Crippen molar-refractivity contribution in [1.29, 1.82) is 0 Å². The largest absolute Gasteiger partial charge is 0.465 e. The second kappa shape index (κ2) is 8.22. The Balaban J connectivity index is 2.47. The Morgan fingerprint density at radius 1 is 1.23 bits per heavy atom. The summed E-state index contributed by atoms with van der Waals surface area (Å²) in [6, 6.07) is 7.19. The first-order valence-corrected chi connectivity index (χ1v) is 7.14. The van der Waals surface area contributed by atoms with E-state index in [2.05, 4.69) is 5.32 Å². The molecule has 1 amide bonds. The molecule has 0 aliphatic rings. The van der Waals surface area contributed by atoms with Crippen molar-refractivity contribution in [2.45, 2.75) is 32.8 Å². The van der Waals surface area contributed by atoms with Crippen LogP contribution in [0.2, 0.25) is 0 Å². The van der Waals surface area contributed by atoms with E-state index in [9.17, 15) is 9.59 Å². The summed E-state index contributed by atoms with van der Waals surface area (Å²) in [5.74, 6) is -0.368. The van der Waals surface area contributed by atoms with Crippen molar-refractivity contribution in [2.75, 3.05) is 13.7 Å². The van der Waals surface area contributed by atoms with Crippen molar-refractivity contribution < 1.29 is 19.1 Å². The standard InChI is InChI=1S/C17H23NO4/c1-17(2,3)22-16(20)18-12-8-7-10-13-9-5-6-11-14(13)15(19)21-4/h5-7,9-11H,8,12H2,1-4H3,(H,18,20). The van der Waals surface area contributed by atoms with Crippen LogP contribution in [0.1, 0.15) is 43.1 Å². The van der Waals surface area contributed by atoms with Crippen LogP contribution >= 0.6 is 0 Å². The van der Waals surface area contributed by atoms with Gasteiger partial charge in [-0.1, -0.05) is 30.4 Å². The summed E-state index contributed by atoms with van der Waals surface area (Å²) < 4.78 is 9.87. The number of carbonyl (C=O) groups excluding carboxylic acids is 2. The number of hydrogen-bond acceptors (Lipinski definition) is 4. The molecular weight excluding hydrogens is 282 g/mol. The topological polar surface area (TPSA) is 64.6 Å².